The van der Waals surface area contributed by atoms with Gasteiger partial charge in [0.2, 0.25) is 0 Å². The van der Waals surface area contributed by atoms with E-state index in [1.165, 1.54) is 6.42 Å². The Hall–Kier alpha value is -1.39. The normalized spacial score (nSPS) is 46.8. The second-order valence-corrected chi connectivity index (χ2v) is 9.02. The molecule has 0 N–H and O–H groups in total. The fourth-order valence-corrected chi connectivity index (χ4v) is 5.74. The van der Waals surface area contributed by atoms with Gasteiger partial charge in [0.1, 0.15) is 6.10 Å². The van der Waals surface area contributed by atoms with Gasteiger partial charge in [-0.2, -0.15) is 0 Å². The molecule has 2 heterocycles. The molecule has 2 aliphatic heterocycles. The van der Waals surface area contributed by atoms with Crippen LogP contribution in [0.3, 0.4) is 0 Å². The summed E-state index contributed by atoms with van der Waals surface area (Å²) >= 11 is 0. The summed E-state index contributed by atoms with van der Waals surface area (Å²) in [4.78, 5) is 5.64. The van der Waals surface area contributed by atoms with E-state index in [2.05, 4.69) is 45.0 Å². The van der Waals surface area contributed by atoms with Crippen molar-refractivity contribution in [1.29, 1.82) is 0 Å². The van der Waals surface area contributed by atoms with E-state index in [0.717, 1.165) is 23.6 Å². The van der Waals surface area contributed by atoms with E-state index in [-0.39, 0.29) is 30.0 Å². The summed E-state index contributed by atoms with van der Waals surface area (Å²) in [6, 6.07) is 10.2. The van der Waals surface area contributed by atoms with Gasteiger partial charge in [-0.25, -0.2) is 0 Å². The first-order valence-electron chi connectivity index (χ1n) is 9.53. The van der Waals surface area contributed by atoms with Gasteiger partial charge in [-0.1, -0.05) is 49.3 Å². The Morgan fingerprint density at radius 2 is 1.84 bits per heavy atom. The standard InChI is InChI=1S/C21H27NO3/c1-12-17(18(22-25-12)13-8-6-5-7-9-13)19-23-16-11-14-10-15(20(14,2)3)21(16,4)24-19/h5-9,12,14-17,19H,10-11H2,1-4H3/t12-,14+,15+,16-,17-,19-,21+/m0/s1. The minimum Gasteiger partial charge on any atom is -0.392 e. The number of rotatable bonds is 2. The van der Waals surface area contributed by atoms with Crippen molar-refractivity contribution in [2.24, 2.45) is 28.3 Å². The molecule has 0 spiro atoms. The molecule has 2 bridgehead atoms. The first-order chi connectivity index (χ1) is 11.9. The second kappa shape index (κ2) is 5.08. The number of hydrogen-bond donors (Lipinski definition) is 0. The molecule has 0 unspecified atom stereocenters. The molecular weight excluding hydrogens is 314 g/mol. The van der Waals surface area contributed by atoms with E-state index in [4.69, 9.17) is 14.3 Å². The molecule has 3 aliphatic carbocycles. The van der Waals surface area contributed by atoms with Crippen molar-refractivity contribution in [3.05, 3.63) is 35.9 Å². The van der Waals surface area contributed by atoms with Crippen LogP contribution in [-0.2, 0) is 14.3 Å². The van der Waals surface area contributed by atoms with Crippen LogP contribution in [0.5, 0.6) is 0 Å². The van der Waals surface area contributed by atoms with Crippen molar-refractivity contribution in [1.82, 2.24) is 0 Å². The topological polar surface area (TPSA) is 40.0 Å². The maximum atomic E-state index is 6.66. The highest BCUT2D eigenvalue weighted by atomic mass is 16.7. The molecule has 0 radical (unpaired) electrons. The lowest BCUT2D eigenvalue weighted by Crippen LogP contribution is -2.65. The van der Waals surface area contributed by atoms with Gasteiger partial charge in [-0.3, -0.25) is 0 Å². The van der Waals surface area contributed by atoms with Crippen molar-refractivity contribution >= 4 is 5.71 Å². The SMILES string of the molecule is C[C@@H]1ON=C(c2ccccc2)[C@H]1[C@H]1O[C@H]2C[C@H]3C[C@H](C3(C)C)[C@@]2(C)O1. The average Bonchev–Trinajstić information content (AvgIpc) is 3.14. The van der Waals surface area contributed by atoms with Gasteiger partial charge in [0, 0.05) is 0 Å². The summed E-state index contributed by atoms with van der Waals surface area (Å²) < 4.78 is 13.1. The minimum absolute atomic E-state index is 0.0186. The van der Waals surface area contributed by atoms with Gasteiger partial charge < -0.3 is 14.3 Å². The van der Waals surface area contributed by atoms with Gasteiger partial charge in [0.15, 0.2) is 6.29 Å². The maximum Gasteiger partial charge on any atom is 0.171 e. The lowest BCUT2D eigenvalue weighted by Gasteiger charge is -2.63. The molecule has 6 rings (SSSR count). The van der Waals surface area contributed by atoms with Gasteiger partial charge in [-0.05, 0) is 49.5 Å². The summed E-state index contributed by atoms with van der Waals surface area (Å²) in [5, 5.41) is 4.37. The summed E-state index contributed by atoms with van der Waals surface area (Å²) in [6.45, 7) is 9.11. The molecule has 25 heavy (non-hydrogen) atoms. The fourth-order valence-electron chi connectivity index (χ4n) is 5.74. The summed E-state index contributed by atoms with van der Waals surface area (Å²) in [5.74, 6) is 1.35. The van der Waals surface area contributed by atoms with Crippen LogP contribution in [0.2, 0.25) is 0 Å². The average molecular weight is 341 g/mol. The quantitative estimate of drug-likeness (QED) is 0.816. The smallest absolute Gasteiger partial charge is 0.171 e. The van der Waals surface area contributed by atoms with E-state index >= 15 is 0 Å². The maximum absolute atomic E-state index is 6.66. The monoisotopic (exact) mass is 341 g/mol. The molecule has 0 amide bonds. The summed E-state index contributed by atoms with van der Waals surface area (Å²) in [6.07, 6.45) is 2.26. The van der Waals surface area contributed by atoms with Gasteiger partial charge in [-0.15, -0.1) is 0 Å². The highest BCUT2D eigenvalue weighted by Gasteiger charge is 2.68. The number of ether oxygens (including phenoxy) is 2. The molecule has 5 aliphatic rings. The summed E-state index contributed by atoms with van der Waals surface area (Å²) in [7, 11) is 0. The van der Waals surface area contributed by atoms with E-state index in [9.17, 15) is 0 Å². The van der Waals surface area contributed by atoms with Gasteiger partial charge in [0.05, 0.1) is 23.3 Å². The van der Waals surface area contributed by atoms with Crippen LogP contribution >= 0.6 is 0 Å². The number of oxime groups is 1. The van der Waals surface area contributed by atoms with Gasteiger partial charge in [0.25, 0.3) is 0 Å². The Morgan fingerprint density at radius 3 is 2.56 bits per heavy atom. The Morgan fingerprint density at radius 1 is 1.08 bits per heavy atom. The minimum atomic E-state index is -0.276. The molecule has 1 aromatic carbocycles. The number of benzene rings is 1. The molecule has 7 atom stereocenters. The van der Waals surface area contributed by atoms with Gasteiger partial charge >= 0.3 is 0 Å². The first kappa shape index (κ1) is 15.8. The largest absolute Gasteiger partial charge is 0.392 e. The molecule has 3 saturated carbocycles. The van der Waals surface area contributed by atoms with Crippen molar-refractivity contribution in [3.63, 3.8) is 0 Å². The van der Waals surface area contributed by atoms with Crippen LogP contribution in [0.25, 0.3) is 0 Å². The zero-order valence-corrected chi connectivity index (χ0v) is 15.4. The van der Waals surface area contributed by atoms with Crippen LogP contribution in [0, 0.1) is 23.2 Å². The molecule has 4 heteroatoms. The fraction of sp³-hybridized carbons (Fsp3) is 0.667. The Balaban J connectivity index is 1.44. The van der Waals surface area contributed by atoms with E-state index in [1.54, 1.807) is 0 Å². The molecule has 134 valence electrons. The third-order valence-electron chi connectivity index (χ3n) is 7.47. The van der Waals surface area contributed by atoms with Crippen LogP contribution < -0.4 is 0 Å². The Bertz CT molecular complexity index is 715. The Labute approximate surface area is 149 Å². The van der Waals surface area contributed by atoms with Crippen molar-refractivity contribution in [2.45, 2.75) is 64.6 Å². The first-order valence-corrected chi connectivity index (χ1v) is 9.53. The third kappa shape index (κ3) is 2.04. The highest BCUT2D eigenvalue weighted by Crippen LogP contribution is 2.66. The lowest BCUT2D eigenvalue weighted by atomic mass is 9.43. The molecule has 1 saturated heterocycles. The Kier molecular flexibility index (Phi) is 3.21. The van der Waals surface area contributed by atoms with Crippen molar-refractivity contribution < 1.29 is 14.3 Å². The predicted octanol–water partition coefficient (Wildman–Crippen LogP) is 3.99. The van der Waals surface area contributed by atoms with Crippen LogP contribution in [-0.4, -0.2) is 29.8 Å². The predicted molar refractivity (Wildman–Crippen MR) is 95.2 cm³/mol. The van der Waals surface area contributed by atoms with Crippen molar-refractivity contribution in [3.8, 4) is 0 Å². The highest BCUT2D eigenvalue weighted by molar-refractivity contribution is 6.03. The molecule has 1 aromatic rings. The van der Waals surface area contributed by atoms with E-state index in [0.29, 0.717) is 11.3 Å². The van der Waals surface area contributed by atoms with Crippen LogP contribution in [0.1, 0.15) is 46.1 Å². The van der Waals surface area contributed by atoms with Crippen LogP contribution in [0.15, 0.2) is 35.5 Å². The van der Waals surface area contributed by atoms with Crippen LogP contribution in [0.4, 0.5) is 0 Å². The third-order valence-corrected chi connectivity index (χ3v) is 7.47. The molecule has 4 nitrogen and oxygen atoms in total. The van der Waals surface area contributed by atoms with E-state index < -0.39 is 0 Å². The second-order valence-electron chi connectivity index (χ2n) is 9.02. The molecule has 4 fully saturated rings. The van der Waals surface area contributed by atoms with E-state index in [1.807, 2.05) is 18.2 Å². The molecular formula is C21H27NO3. The number of hydrogen-bond acceptors (Lipinski definition) is 4. The summed E-state index contributed by atoms with van der Waals surface area (Å²) in [5.41, 5.74) is 2.21. The zero-order chi connectivity index (χ0) is 17.4. The zero-order valence-electron chi connectivity index (χ0n) is 15.4. The number of nitrogens with zero attached hydrogens (tertiary/aromatic N) is 1. The molecule has 0 aromatic heterocycles. The lowest BCUT2D eigenvalue weighted by molar-refractivity contribution is -0.212. The van der Waals surface area contributed by atoms with Crippen molar-refractivity contribution in [2.75, 3.05) is 0 Å².